The number of aromatic nitrogens is 3. The maximum atomic E-state index is 12.9. The molecule has 1 aliphatic heterocycles. The number of nitrogens with zero attached hydrogens (tertiary/aromatic N) is 3. The summed E-state index contributed by atoms with van der Waals surface area (Å²) in [6.07, 6.45) is 5.43. The number of carbonyl (C=O) groups is 1. The standard InChI is InChI=1S/C24H21Cl2N5O2/c25-16-3-1-2-15(12-16)19-14-28-31-11-8-21(30-23(19)31)24(32)29-17-4-5-22(20(26)13-17)33-18-6-9-27-10-7-18/h1-5,8,11-14,18,27H,6-7,9-10H2,(H,29,32). The largest absolute Gasteiger partial charge is 0.489 e. The van der Waals surface area contributed by atoms with Crippen molar-refractivity contribution in [2.24, 2.45) is 0 Å². The van der Waals surface area contributed by atoms with Crippen LogP contribution in [0.15, 0.2) is 60.9 Å². The molecule has 1 saturated heterocycles. The Morgan fingerprint density at radius 1 is 1.12 bits per heavy atom. The van der Waals surface area contributed by atoms with Gasteiger partial charge in [0.2, 0.25) is 0 Å². The molecule has 33 heavy (non-hydrogen) atoms. The molecule has 1 amide bonds. The van der Waals surface area contributed by atoms with E-state index in [1.54, 1.807) is 47.2 Å². The number of piperidine rings is 1. The van der Waals surface area contributed by atoms with E-state index in [2.05, 4.69) is 20.7 Å². The third-order valence-electron chi connectivity index (χ3n) is 5.51. The third-order valence-corrected chi connectivity index (χ3v) is 6.04. The highest BCUT2D eigenvalue weighted by Crippen LogP contribution is 2.30. The summed E-state index contributed by atoms with van der Waals surface area (Å²) >= 11 is 12.5. The Morgan fingerprint density at radius 3 is 2.76 bits per heavy atom. The number of fused-ring (bicyclic) bond motifs is 1. The Kier molecular flexibility index (Phi) is 6.17. The quantitative estimate of drug-likeness (QED) is 0.415. The van der Waals surface area contributed by atoms with Gasteiger partial charge >= 0.3 is 0 Å². The van der Waals surface area contributed by atoms with Crippen LogP contribution in [0, 0.1) is 0 Å². The molecule has 2 aromatic heterocycles. The smallest absolute Gasteiger partial charge is 0.274 e. The van der Waals surface area contributed by atoms with Crippen molar-refractivity contribution in [2.45, 2.75) is 18.9 Å². The molecule has 0 bridgehead atoms. The van der Waals surface area contributed by atoms with Gasteiger partial charge in [-0.3, -0.25) is 4.79 Å². The summed E-state index contributed by atoms with van der Waals surface area (Å²) in [5.74, 6) is 0.269. The van der Waals surface area contributed by atoms with Crippen LogP contribution >= 0.6 is 23.2 Å². The number of carbonyl (C=O) groups excluding carboxylic acids is 1. The van der Waals surface area contributed by atoms with Gasteiger partial charge in [0.1, 0.15) is 17.5 Å². The molecule has 0 unspecified atom stereocenters. The summed E-state index contributed by atoms with van der Waals surface area (Å²) in [5, 5.41) is 11.6. The first-order chi connectivity index (χ1) is 16.1. The third kappa shape index (κ3) is 4.80. The fraction of sp³-hybridized carbons (Fsp3) is 0.208. The fourth-order valence-corrected chi connectivity index (χ4v) is 4.23. The minimum atomic E-state index is -0.348. The van der Waals surface area contributed by atoms with Gasteiger partial charge in [-0.2, -0.15) is 5.10 Å². The van der Waals surface area contributed by atoms with Crippen LogP contribution in [0.25, 0.3) is 16.8 Å². The minimum absolute atomic E-state index is 0.143. The lowest BCUT2D eigenvalue weighted by molar-refractivity contribution is 0.102. The molecular formula is C24H21Cl2N5O2. The van der Waals surface area contributed by atoms with Crippen LogP contribution in [0.5, 0.6) is 5.75 Å². The molecule has 9 heteroatoms. The van der Waals surface area contributed by atoms with Gasteiger partial charge in [-0.15, -0.1) is 0 Å². The lowest BCUT2D eigenvalue weighted by Crippen LogP contribution is -2.34. The summed E-state index contributed by atoms with van der Waals surface area (Å²) in [5.41, 5.74) is 3.05. The van der Waals surface area contributed by atoms with E-state index in [4.69, 9.17) is 27.9 Å². The molecule has 7 nitrogen and oxygen atoms in total. The van der Waals surface area contributed by atoms with Gasteiger partial charge in [0.15, 0.2) is 5.65 Å². The van der Waals surface area contributed by atoms with E-state index in [9.17, 15) is 4.79 Å². The summed E-state index contributed by atoms with van der Waals surface area (Å²) in [6, 6.07) is 14.3. The fourth-order valence-electron chi connectivity index (χ4n) is 3.82. The van der Waals surface area contributed by atoms with Crippen LogP contribution in [0.4, 0.5) is 5.69 Å². The molecule has 3 heterocycles. The van der Waals surface area contributed by atoms with Crippen molar-refractivity contribution in [2.75, 3.05) is 18.4 Å². The zero-order valence-electron chi connectivity index (χ0n) is 17.6. The molecule has 4 aromatic rings. The van der Waals surface area contributed by atoms with Gasteiger partial charge < -0.3 is 15.4 Å². The van der Waals surface area contributed by atoms with Crippen LogP contribution < -0.4 is 15.4 Å². The monoisotopic (exact) mass is 481 g/mol. The molecule has 1 fully saturated rings. The number of nitrogens with one attached hydrogen (secondary N) is 2. The Balaban J connectivity index is 1.34. The van der Waals surface area contributed by atoms with Gasteiger partial charge in [-0.25, -0.2) is 9.50 Å². The summed E-state index contributed by atoms with van der Waals surface area (Å²) < 4.78 is 7.64. The highest BCUT2D eigenvalue weighted by Gasteiger charge is 2.17. The second-order valence-corrected chi connectivity index (χ2v) is 8.66. The van der Waals surface area contributed by atoms with Crippen molar-refractivity contribution in [3.8, 4) is 16.9 Å². The van der Waals surface area contributed by atoms with Gasteiger partial charge in [0, 0.05) is 22.5 Å². The molecule has 2 N–H and O–H groups in total. The summed E-state index contributed by atoms with van der Waals surface area (Å²) in [6.45, 7) is 1.87. The second-order valence-electron chi connectivity index (χ2n) is 7.82. The lowest BCUT2D eigenvalue weighted by atomic mass is 10.1. The molecule has 0 atom stereocenters. The van der Waals surface area contributed by atoms with Gasteiger partial charge in [-0.05, 0) is 67.9 Å². The molecule has 0 saturated carbocycles. The Hall–Kier alpha value is -3.13. The lowest BCUT2D eigenvalue weighted by Gasteiger charge is -2.24. The first kappa shape index (κ1) is 21.7. The van der Waals surface area contributed by atoms with E-state index in [1.807, 2.05) is 18.2 Å². The van der Waals surface area contributed by atoms with Crippen molar-refractivity contribution >= 4 is 40.4 Å². The van der Waals surface area contributed by atoms with E-state index in [-0.39, 0.29) is 17.7 Å². The molecule has 2 aromatic carbocycles. The number of halogens is 2. The van der Waals surface area contributed by atoms with Gasteiger partial charge in [0.25, 0.3) is 5.91 Å². The number of ether oxygens (including phenoxy) is 1. The molecule has 5 rings (SSSR count). The normalized spacial score (nSPS) is 14.4. The topological polar surface area (TPSA) is 80.5 Å². The molecule has 1 aliphatic rings. The van der Waals surface area contributed by atoms with E-state index in [0.29, 0.717) is 27.1 Å². The average molecular weight is 482 g/mol. The van der Waals surface area contributed by atoms with E-state index < -0.39 is 0 Å². The maximum absolute atomic E-state index is 12.9. The minimum Gasteiger partial charge on any atom is -0.489 e. The van der Waals surface area contributed by atoms with Crippen LogP contribution in [0.3, 0.4) is 0 Å². The number of anilines is 1. The molecule has 0 radical (unpaired) electrons. The highest BCUT2D eigenvalue weighted by atomic mass is 35.5. The van der Waals surface area contributed by atoms with Crippen LogP contribution in [-0.4, -0.2) is 39.7 Å². The predicted molar refractivity (Wildman–Crippen MR) is 129 cm³/mol. The number of hydrogen-bond acceptors (Lipinski definition) is 5. The van der Waals surface area contributed by atoms with Crippen LogP contribution in [-0.2, 0) is 0 Å². The predicted octanol–water partition coefficient (Wildman–Crippen LogP) is 5.09. The number of amides is 1. The van der Waals surface area contributed by atoms with Gasteiger partial charge in [-0.1, -0.05) is 35.3 Å². The summed E-state index contributed by atoms with van der Waals surface area (Å²) in [7, 11) is 0. The Bertz CT molecular complexity index is 1320. The zero-order chi connectivity index (χ0) is 22.8. The number of benzene rings is 2. The average Bonchev–Trinajstić information content (AvgIpc) is 3.25. The first-order valence-corrected chi connectivity index (χ1v) is 11.4. The maximum Gasteiger partial charge on any atom is 0.274 e. The number of hydrogen-bond donors (Lipinski definition) is 2. The zero-order valence-corrected chi connectivity index (χ0v) is 19.1. The molecule has 0 spiro atoms. The first-order valence-electron chi connectivity index (χ1n) is 10.7. The number of rotatable bonds is 5. The highest BCUT2D eigenvalue weighted by molar-refractivity contribution is 6.32. The van der Waals surface area contributed by atoms with Crippen molar-refractivity contribution in [1.82, 2.24) is 19.9 Å². The van der Waals surface area contributed by atoms with Crippen molar-refractivity contribution in [3.63, 3.8) is 0 Å². The van der Waals surface area contributed by atoms with E-state index >= 15 is 0 Å². The van der Waals surface area contributed by atoms with Gasteiger partial charge in [0.05, 0.1) is 11.2 Å². The molecule has 168 valence electrons. The van der Waals surface area contributed by atoms with Crippen molar-refractivity contribution in [3.05, 3.63) is 76.7 Å². The van der Waals surface area contributed by atoms with E-state index in [0.717, 1.165) is 37.1 Å². The second kappa shape index (κ2) is 9.39. The van der Waals surface area contributed by atoms with E-state index in [1.165, 1.54) is 0 Å². The Labute approximate surface area is 200 Å². The molecule has 0 aliphatic carbocycles. The van der Waals surface area contributed by atoms with Crippen molar-refractivity contribution < 1.29 is 9.53 Å². The molecular weight excluding hydrogens is 461 g/mol. The van der Waals surface area contributed by atoms with Crippen LogP contribution in [0.2, 0.25) is 10.0 Å². The Morgan fingerprint density at radius 2 is 1.97 bits per heavy atom. The SMILES string of the molecule is O=C(Nc1ccc(OC2CCNCC2)c(Cl)c1)c1ccn2ncc(-c3cccc(Cl)c3)c2n1. The van der Waals surface area contributed by atoms with Crippen molar-refractivity contribution in [1.29, 1.82) is 0 Å². The van der Waals surface area contributed by atoms with Crippen LogP contribution in [0.1, 0.15) is 23.3 Å². The summed E-state index contributed by atoms with van der Waals surface area (Å²) in [4.78, 5) is 17.4.